The Labute approximate surface area is 341 Å². The highest BCUT2D eigenvalue weighted by Gasteiger charge is 2.41. The first-order valence-corrected chi connectivity index (χ1v) is 22.2. The minimum absolute atomic E-state index is 0.0511. The molecule has 1 aliphatic rings. The lowest BCUT2D eigenvalue weighted by Gasteiger charge is -2.42. The van der Waals surface area contributed by atoms with Gasteiger partial charge in [0.25, 0.3) is 0 Å². The third kappa shape index (κ3) is 13.0. The number of halogens is 3. The maximum Gasteiger partial charge on any atom is 0.410 e. The van der Waals surface area contributed by atoms with Gasteiger partial charge >= 0.3 is 12.2 Å². The van der Waals surface area contributed by atoms with Gasteiger partial charge in [0, 0.05) is 5.92 Å². The smallest absolute Gasteiger partial charge is 0.410 e. The number of rotatable bonds is 12. The van der Waals surface area contributed by atoms with E-state index in [-0.39, 0.29) is 42.8 Å². The second-order valence-electron chi connectivity index (χ2n) is 17.9. The fourth-order valence-electron chi connectivity index (χ4n) is 5.86. The second kappa shape index (κ2) is 18.5. The Morgan fingerprint density at radius 1 is 0.810 bits per heavy atom. The van der Waals surface area contributed by atoms with Crippen LogP contribution in [0.25, 0.3) is 0 Å². The molecule has 0 spiro atoms. The van der Waals surface area contributed by atoms with E-state index in [2.05, 4.69) is 44.5 Å². The SMILES string of the molecule is CC(C)(C)OC(=O)N[C@H](C(=O)Nc1cccc(F)c1OC[C@@H]1CN(C(=O)OC(C)(C)C)[C@H](CO[Si](C)(C)C(C)(C)C)CO1)C(c1ccc(F)cc1)c1ccc(F)cc1. The van der Waals surface area contributed by atoms with Crippen molar-refractivity contribution in [2.45, 2.75) is 116 Å². The van der Waals surface area contributed by atoms with Gasteiger partial charge in [-0.3, -0.25) is 9.69 Å². The number of carbonyl (C=O) groups is 3. The molecule has 1 saturated heterocycles. The van der Waals surface area contributed by atoms with E-state index in [1.54, 1.807) is 46.4 Å². The van der Waals surface area contributed by atoms with Gasteiger partial charge in [-0.25, -0.2) is 22.8 Å². The molecule has 0 bridgehead atoms. The summed E-state index contributed by atoms with van der Waals surface area (Å²) in [6, 6.07) is 12.7. The topological polar surface area (TPSA) is 125 Å². The predicted molar refractivity (Wildman–Crippen MR) is 218 cm³/mol. The molecule has 3 aromatic carbocycles. The number of benzene rings is 3. The van der Waals surface area contributed by atoms with Crippen LogP contribution in [-0.2, 0) is 23.4 Å². The molecule has 11 nitrogen and oxygen atoms in total. The van der Waals surface area contributed by atoms with Crippen LogP contribution in [0.15, 0.2) is 66.7 Å². The maximum absolute atomic E-state index is 15.6. The molecular weight excluding hydrogens is 772 g/mol. The van der Waals surface area contributed by atoms with Crippen molar-refractivity contribution in [1.29, 1.82) is 0 Å². The van der Waals surface area contributed by atoms with Crippen LogP contribution in [0.4, 0.5) is 28.4 Å². The highest BCUT2D eigenvalue weighted by molar-refractivity contribution is 6.74. The minimum Gasteiger partial charge on any atom is -0.486 e. The largest absolute Gasteiger partial charge is 0.486 e. The van der Waals surface area contributed by atoms with Crippen LogP contribution >= 0.6 is 0 Å². The fraction of sp³-hybridized carbons (Fsp3) is 0.512. The Morgan fingerprint density at radius 2 is 1.36 bits per heavy atom. The predicted octanol–water partition coefficient (Wildman–Crippen LogP) is 9.17. The Kier molecular flexibility index (Phi) is 14.7. The quantitative estimate of drug-likeness (QED) is 0.173. The van der Waals surface area contributed by atoms with Gasteiger partial charge in [-0.15, -0.1) is 0 Å². The number of morpholine rings is 1. The number of nitrogens with one attached hydrogen (secondary N) is 2. The summed E-state index contributed by atoms with van der Waals surface area (Å²) in [5, 5.41) is 5.26. The van der Waals surface area contributed by atoms with Crippen LogP contribution in [0.2, 0.25) is 18.1 Å². The molecule has 1 aliphatic heterocycles. The molecule has 318 valence electrons. The molecule has 3 amide bonds. The second-order valence-corrected chi connectivity index (χ2v) is 22.7. The third-order valence-electron chi connectivity index (χ3n) is 9.82. The zero-order valence-electron chi connectivity index (χ0n) is 35.3. The zero-order chi connectivity index (χ0) is 43.2. The zero-order valence-corrected chi connectivity index (χ0v) is 36.3. The van der Waals surface area contributed by atoms with Gasteiger partial charge in [0.15, 0.2) is 19.9 Å². The molecular formula is C43H58F3N3O8Si. The van der Waals surface area contributed by atoms with E-state index in [1.165, 1.54) is 60.7 Å². The molecule has 2 N–H and O–H groups in total. The highest BCUT2D eigenvalue weighted by Crippen LogP contribution is 2.37. The van der Waals surface area contributed by atoms with Gasteiger partial charge in [-0.2, -0.15) is 0 Å². The number of hydrogen-bond donors (Lipinski definition) is 2. The van der Waals surface area contributed by atoms with Crippen molar-refractivity contribution in [3.05, 3.63) is 95.3 Å². The monoisotopic (exact) mass is 829 g/mol. The summed E-state index contributed by atoms with van der Waals surface area (Å²) in [6.45, 7) is 21.1. The molecule has 1 fully saturated rings. The summed E-state index contributed by atoms with van der Waals surface area (Å²) in [7, 11) is -2.18. The normalized spacial score (nSPS) is 17.1. The van der Waals surface area contributed by atoms with Crippen molar-refractivity contribution in [2.24, 2.45) is 0 Å². The summed E-state index contributed by atoms with van der Waals surface area (Å²) in [4.78, 5) is 42.6. The minimum atomic E-state index is -2.18. The van der Waals surface area contributed by atoms with Crippen LogP contribution in [-0.4, -0.2) is 87.1 Å². The summed E-state index contributed by atoms with van der Waals surface area (Å²) >= 11 is 0. The highest BCUT2D eigenvalue weighted by atomic mass is 28.4. The van der Waals surface area contributed by atoms with E-state index in [4.69, 9.17) is 23.4 Å². The van der Waals surface area contributed by atoms with Gasteiger partial charge in [-0.1, -0.05) is 51.1 Å². The van der Waals surface area contributed by atoms with E-state index in [0.717, 1.165) is 6.07 Å². The Balaban J connectivity index is 1.61. The first-order chi connectivity index (χ1) is 26.8. The van der Waals surface area contributed by atoms with E-state index >= 15 is 4.39 Å². The van der Waals surface area contributed by atoms with Crippen molar-refractivity contribution in [3.8, 4) is 5.75 Å². The number of hydrogen-bond acceptors (Lipinski definition) is 8. The molecule has 58 heavy (non-hydrogen) atoms. The number of ether oxygens (including phenoxy) is 4. The van der Waals surface area contributed by atoms with E-state index in [9.17, 15) is 23.2 Å². The van der Waals surface area contributed by atoms with Crippen LogP contribution in [0.1, 0.15) is 79.4 Å². The standard InChI is InChI=1S/C43H58F3N3O8Si/c1-41(2,3)56-39(51)48-36(35(27-15-19-29(44)20-16-27)28-17-21-30(45)22-18-28)38(50)47-34-14-12-13-33(46)37(34)54-26-32-23-49(40(52)57-42(4,5)6)31(24-53-32)25-55-58(10,11)43(7,8)9/h12-22,31-32,35-36H,23-26H2,1-11H3,(H,47,50)(H,48,51)/t31-,32-,36-/m0/s1. The molecule has 0 aliphatic carbocycles. The molecule has 0 aromatic heterocycles. The van der Waals surface area contributed by atoms with Gasteiger partial charge in [0.1, 0.15) is 41.6 Å². The Morgan fingerprint density at radius 3 is 1.88 bits per heavy atom. The number of amides is 3. The van der Waals surface area contributed by atoms with Crippen molar-refractivity contribution in [3.63, 3.8) is 0 Å². The maximum atomic E-state index is 15.6. The van der Waals surface area contributed by atoms with Gasteiger partial charge < -0.3 is 34.0 Å². The lowest BCUT2D eigenvalue weighted by atomic mass is 9.84. The molecule has 1 heterocycles. The number of para-hydroxylation sites is 1. The number of carbonyl (C=O) groups excluding carboxylic acids is 3. The van der Waals surface area contributed by atoms with E-state index in [0.29, 0.717) is 11.1 Å². The lowest BCUT2D eigenvalue weighted by molar-refractivity contribution is -0.118. The Bertz CT molecular complexity index is 1830. The van der Waals surface area contributed by atoms with Gasteiger partial charge in [0.05, 0.1) is 31.5 Å². The molecule has 0 radical (unpaired) electrons. The molecule has 0 saturated carbocycles. The number of nitrogens with zero attached hydrogens (tertiary/aromatic N) is 1. The molecule has 4 rings (SSSR count). The van der Waals surface area contributed by atoms with Gasteiger partial charge in [0.2, 0.25) is 5.91 Å². The van der Waals surface area contributed by atoms with Crippen molar-refractivity contribution < 1.29 is 50.9 Å². The van der Waals surface area contributed by atoms with E-state index in [1.807, 2.05) is 0 Å². The Hall–Kier alpha value is -4.60. The van der Waals surface area contributed by atoms with Crippen LogP contribution in [0.3, 0.4) is 0 Å². The summed E-state index contributed by atoms with van der Waals surface area (Å²) in [5.74, 6) is -3.98. The number of alkyl carbamates (subject to hydrolysis) is 1. The van der Waals surface area contributed by atoms with Crippen molar-refractivity contribution in [2.75, 3.05) is 31.7 Å². The summed E-state index contributed by atoms with van der Waals surface area (Å²) in [6.07, 6.45) is -2.21. The average Bonchev–Trinajstić information content (AvgIpc) is 3.10. The molecule has 3 atom stereocenters. The van der Waals surface area contributed by atoms with Gasteiger partial charge in [-0.05, 0) is 107 Å². The van der Waals surface area contributed by atoms with Crippen LogP contribution in [0, 0.1) is 17.5 Å². The molecule has 15 heteroatoms. The summed E-state index contributed by atoms with van der Waals surface area (Å²) < 4.78 is 73.6. The number of anilines is 1. The van der Waals surface area contributed by atoms with Crippen molar-refractivity contribution in [1.82, 2.24) is 10.2 Å². The first-order valence-electron chi connectivity index (χ1n) is 19.3. The summed E-state index contributed by atoms with van der Waals surface area (Å²) in [5.41, 5.74) is -0.949. The van der Waals surface area contributed by atoms with Crippen LogP contribution < -0.4 is 15.4 Å². The molecule has 0 unspecified atom stereocenters. The van der Waals surface area contributed by atoms with Crippen molar-refractivity contribution >= 4 is 32.1 Å². The van der Waals surface area contributed by atoms with Crippen LogP contribution in [0.5, 0.6) is 5.75 Å². The van der Waals surface area contributed by atoms with E-state index < -0.39 is 79.2 Å². The third-order valence-corrected chi connectivity index (χ3v) is 14.3. The average molecular weight is 830 g/mol. The lowest BCUT2D eigenvalue weighted by Crippen LogP contribution is -2.57. The fourth-order valence-corrected chi connectivity index (χ4v) is 6.90. The first kappa shape index (κ1) is 46.1. The molecule has 3 aromatic rings.